The zero-order chi connectivity index (χ0) is 44.8. The summed E-state index contributed by atoms with van der Waals surface area (Å²) in [5, 5.41) is 2.82. The minimum Gasteiger partial charge on any atom is -0.457 e. The van der Waals surface area contributed by atoms with Crippen LogP contribution in [0.4, 0.5) is 9.59 Å². The average molecular weight is 987 g/mol. The maximum atomic E-state index is 14.8. The molecule has 336 valence electrons. The topological polar surface area (TPSA) is 137 Å². The Balaban J connectivity index is 2.66. The van der Waals surface area contributed by atoms with Gasteiger partial charge in [0.1, 0.15) is 31.2 Å². The van der Waals surface area contributed by atoms with Crippen LogP contribution < -0.4 is 0 Å². The van der Waals surface area contributed by atoms with Gasteiger partial charge in [-0.25, -0.2) is 14.6 Å². The molecule has 2 heterocycles. The van der Waals surface area contributed by atoms with Crippen molar-refractivity contribution >= 4 is 119 Å². The lowest BCUT2D eigenvalue weighted by Crippen LogP contribution is -2.52. The molecule has 0 amide bonds. The van der Waals surface area contributed by atoms with E-state index in [9.17, 15) is 19.2 Å². The van der Waals surface area contributed by atoms with Crippen LogP contribution in [0.5, 0.6) is 0 Å². The van der Waals surface area contributed by atoms with E-state index in [0.29, 0.717) is 32.1 Å². The third kappa shape index (κ3) is 18.9. The highest BCUT2D eigenvalue weighted by atomic mass is 35.6. The van der Waals surface area contributed by atoms with E-state index in [-0.39, 0.29) is 24.7 Å². The van der Waals surface area contributed by atoms with Crippen LogP contribution in [0, 0.1) is 24.2 Å². The molecule has 0 bridgehead atoms. The molecule has 0 saturated heterocycles. The Bertz CT molecular complexity index is 1600. The normalized spacial score (nSPS) is 24.1. The van der Waals surface area contributed by atoms with Crippen LogP contribution >= 0.6 is 80.9 Å². The van der Waals surface area contributed by atoms with Crippen molar-refractivity contribution in [2.75, 3.05) is 19.8 Å². The Hall–Kier alpha value is -1.29. The standard InChI is InChI=1S/C40H59Cl6NO10SSi/c1-10-59(11-2,12-3)57-32-21-33(48)55-31(26(5)20-30-22-58-28(7)47-30)17-16-29(18-19-52-36(50)53-23-39(41,42)43)15-13-14-25(4)34(27(6)35(49)38(32,8)9)56-37(51)54-24-40(44,45)46/h16,20,22,25,27,31-32,34H,10-15,17-19,21,23-24H2,1-9H3/b26-20+,29-16+/t25-,27+,31-,32-,34-/m0/s1. The Morgan fingerprint density at radius 2 is 1.58 bits per heavy atom. The van der Waals surface area contributed by atoms with Gasteiger partial charge >= 0.3 is 18.3 Å². The van der Waals surface area contributed by atoms with E-state index in [1.54, 1.807) is 20.8 Å². The highest BCUT2D eigenvalue weighted by Gasteiger charge is 2.48. The van der Waals surface area contributed by atoms with Gasteiger partial charge in [-0.15, -0.1) is 11.3 Å². The predicted octanol–water partition coefficient (Wildman–Crippen LogP) is 12.7. The maximum absolute atomic E-state index is 14.8. The number of esters is 1. The largest absolute Gasteiger partial charge is 0.508 e. The van der Waals surface area contributed by atoms with Crippen molar-refractivity contribution < 1.29 is 47.3 Å². The van der Waals surface area contributed by atoms with Crippen molar-refractivity contribution in [2.24, 2.45) is 17.3 Å². The summed E-state index contributed by atoms with van der Waals surface area (Å²) >= 11 is 36.1. The number of ether oxygens (including phenoxy) is 5. The van der Waals surface area contributed by atoms with Crippen LogP contribution in [0.25, 0.3) is 6.08 Å². The molecule has 2 rings (SSSR count). The molecule has 1 aromatic heterocycles. The molecule has 0 aromatic carbocycles. The monoisotopic (exact) mass is 983 g/mol. The lowest BCUT2D eigenvalue weighted by molar-refractivity contribution is -0.153. The second-order valence-electron chi connectivity index (χ2n) is 15.5. The van der Waals surface area contributed by atoms with Gasteiger partial charge in [0.05, 0.1) is 35.8 Å². The number of aryl methyl sites for hydroxylation is 1. The van der Waals surface area contributed by atoms with Crippen LogP contribution in [0.2, 0.25) is 18.1 Å². The fourth-order valence-electron chi connectivity index (χ4n) is 6.96. The van der Waals surface area contributed by atoms with Gasteiger partial charge in [-0.05, 0) is 68.8 Å². The number of alkyl halides is 6. The lowest BCUT2D eigenvalue weighted by atomic mass is 9.73. The molecule has 1 aliphatic heterocycles. The van der Waals surface area contributed by atoms with Crippen molar-refractivity contribution in [2.45, 2.75) is 145 Å². The first-order chi connectivity index (χ1) is 27.3. The van der Waals surface area contributed by atoms with Gasteiger partial charge in [0.2, 0.25) is 7.59 Å². The number of nitrogens with zero attached hydrogens (tertiary/aromatic N) is 1. The van der Waals surface area contributed by atoms with Crippen molar-refractivity contribution in [3.63, 3.8) is 0 Å². The smallest absolute Gasteiger partial charge is 0.457 e. The molecule has 19 heteroatoms. The number of hydrogen-bond acceptors (Lipinski definition) is 12. The van der Waals surface area contributed by atoms with Crippen LogP contribution in [0.15, 0.2) is 22.6 Å². The molecule has 5 atom stereocenters. The van der Waals surface area contributed by atoms with Crippen LogP contribution in [0.3, 0.4) is 0 Å². The lowest BCUT2D eigenvalue weighted by Gasteiger charge is -2.42. The average Bonchev–Trinajstić information content (AvgIpc) is 3.57. The molecule has 0 spiro atoms. The predicted molar refractivity (Wildman–Crippen MR) is 239 cm³/mol. The number of Topliss-reactive ketones (excluding diaryl/α,β-unsaturated/α-hetero) is 1. The van der Waals surface area contributed by atoms with E-state index >= 15 is 0 Å². The Morgan fingerprint density at radius 1 is 0.983 bits per heavy atom. The summed E-state index contributed by atoms with van der Waals surface area (Å²) in [5.41, 5.74) is 1.18. The fraction of sp³-hybridized carbons (Fsp3) is 0.725. The number of aromatic nitrogens is 1. The molecule has 1 aromatic rings. The molecule has 0 unspecified atom stereocenters. The number of cyclic esters (lactones) is 1. The summed E-state index contributed by atoms with van der Waals surface area (Å²) < 4.78 is 30.8. The van der Waals surface area contributed by atoms with E-state index in [0.717, 1.165) is 40.0 Å². The van der Waals surface area contributed by atoms with Crippen molar-refractivity contribution in [3.05, 3.63) is 33.3 Å². The van der Waals surface area contributed by atoms with Gasteiger partial charge in [-0.1, -0.05) is 130 Å². The number of halogens is 6. The van der Waals surface area contributed by atoms with Gasteiger partial charge in [0.15, 0.2) is 8.32 Å². The van der Waals surface area contributed by atoms with E-state index in [1.807, 2.05) is 38.3 Å². The van der Waals surface area contributed by atoms with Gasteiger partial charge in [0, 0.05) is 23.6 Å². The fourth-order valence-corrected chi connectivity index (χ4v) is 10.8. The van der Waals surface area contributed by atoms with E-state index in [1.165, 1.54) is 11.3 Å². The summed E-state index contributed by atoms with van der Waals surface area (Å²) in [6.07, 6.45) is 1.31. The molecule has 0 N–H and O–H groups in total. The molecule has 0 radical (unpaired) electrons. The van der Waals surface area contributed by atoms with E-state index < -0.39 is 77.0 Å². The van der Waals surface area contributed by atoms with Gasteiger partial charge < -0.3 is 28.1 Å². The van der Waals surface area contributed by atoms with Gasteiger partial charge in [-0.3, -0.25) is 9.59 Å². The maximum Gasteiger partial charge on any atom is 0.508 e. The second-order valence-corrected chi connectivity index (χ2v) is 26.4. The Labute approximate surface area is 384 Å². The highest BCUT2D eigenvalue weighted by Crippen LogP contribution is 2.39. The summed E-state index contributed by atoms with van der Waals surface area (Å²) in [4.78, 5) is 58.8. The number of hydrogen-bond donors (Lipinski definition) is 0. The van der Waals surface area contributed by atoms with Gasteiger partial charge in [-0.2, -0.15) is 0 Å². The van der Waals surface area contributed by atoms with Crippen LogP contribution in [-0.2, 0) is 37.7 Å². The van der Waals surface area contributed by atoms with Crippen molar-refractivity contribution in [3.8, 4) is 0 Å². The number of carbonyl (C=O) groups excluding carboxylic acids is 4. The summed E-state index contributed by atoms with van der Waals surface area (Å²) in [5.74, 6) is -2.02. The Kier molecular flexibility index (Phi) is 22.4. The van der Waals surface area contributed by atoms with Crippen molar-refractivity contribution in [1.82, 2.24) is 4.98 Å². The number of carbonyl (C=O) groups is 4. The first-order valence-corrected chi connectivity index (χ1v) is 25.5. The molecule has 0 fully saturated rings. The second kappa shape index (κ2) is 24.5. The summed E-state index contributed by atoms with van der Waals surface area (Å²) in [6, 6.07) is 2.34. The molecule has 0 aliphatic carbocycles. The molecular formula is C40H59Cl6NO10SSi. The number of thiazole rings is 1. The molecule has 59 heavy (non-hydrogen) atoms. The van der Waals surface area contributed by atoms with Crippen LogP contribution in [-0.4, -0.2) is 83.1 Å². The highest BCUT2D eigenvalue weighted by molar-refractivity contribution is 7.09. The SMILES string of the molecule is CC[Si](CC)(CC)O[C@H]1CC(=O)O[C@H](/C(C)=C/c2csc(C)n2)C/C=C(/CCOC(=O)OCC(Cl)(Cl)Cl)CCC[C@H](C)[C@H](OC(=O)OCC(Cl)(Cl)Cl)[C@@H](C)C(=O)C1(C)C. The van der Waals surface area contributed by atoms with Gasteiger partial charge in [0.25, 0.3) is 0 Å². The number of rotatable bonds is 13. The minimum absolute atomic E-state index is 0.0458. The van der Waals surface area contributed by atoms with E-state index in [4.69, 9.17) is 97.7 Å². The number of ketones is 1. The quantitative estimate of drug-likeness (QED) is 0.0614. The Morgan fingerprint density at radius 3 is 2.12 bits per heavy atom. The first-order valence-electron chi connectivity index (χ1n) is 19.8. The minimum atomic E-state index is -2.41. The first kappa shape index (κ1) is 53.8. The third-order valence-electron chi connectivity index (χ3n) is 10.7. The molecule has 11 nitrogen and oxygen atoms in total. The summed E-state index contributed by atoms with van der Waals surface area (Å²) in [7, 11) is -2.41. The molecule has 1 aliphatic rings. The van der Waals surface area contributed by atoms with Crippen LogP contribution in [0.1, 0.15) is 105 Å². The molecular weight excluding hydrogens is 927 g/mol. The zero-order valence-corrected chi connectivity index (χ0v) is 41.7. The zero-order valence-electron chi connectivity index (χ0n) is 35.3. The third-order valence-corrected chi connectivity index (χ3v) is 16.8. The van der Waals surface area contributed by atoms with E-state index in [2.05, 4.69) is 25.8 Å². The molecule has 0 saturated carbocycles. The summed E-state index contributed by atoms with van der Waals surface area (Å²) in [6.45, 7) is 16.1. The van der Waals surface area contributed by atoms with Crippen molar-refractivity contribution in [1.29, 1.82) is 0 Å².